The summed E-state index contributed by atoms with van der Waals surface area (Å²) in [6.07, 6.45) is 2.00. The summed E-state index contributed by atoms with van der Waals surface area (Å²) < 4.78 is 0. The van der Waals surface area contributed by atoms with Crippen LogP contribution in [-0.2, 0) is 32.7 Å². The van der Waals surface area contributed by atoms with E-state index < -0.39 is 0 Å². The Morgan fingerprint density at radius 1 is 1.05 bits per heavy atom. The van der Waals surface area contributed by atoms with Gasteiger partial charge in [0.1, 0.15) is 0 Å². The van der Waals surface area contributed by atoms with Crippen LogP contribution in [-0.4, -0.2) is 24.0 Å². The Labute approximate surface area is 158 Å². The largest absolute Gasteiger partial charge is 0.376 e. The van der Waals surface area contributed by atoms with E-state index in [-0.39, 0.29) is 62.4 Å². The molecule has 0 spiro atoms. The second kappa shape index (κ2) is 36.7. The van der Waals surface area contributed by atoms with Gasteiger partial charge in [0.25, 0.3) is 0 Å². The Balaban J connectivity index is -0.0000000178. The Bertz CT molecular complexity index is 132. The number of rotatable bonds is 2. The average Bonchev–Trinajstić information content (AvgIpc) is 2.02. The van der Waals surface area contributed by atoms with Crippen LogP contribution in [0.5, 0.6) is 0 Å². The molecule has 0 aromatic rings. The third-order valence-corrected chi connectivity index (χ3v) is 1.38. The molecule has 3 heteroatoms. The van der Waals surface area contributed by atoms with Crippen molar-refractivity contribution < 1.29 is 32.7 Å². The van der Waals surface area contributed by atoms with E-state index in [9.17, 15) is 0 Å². The topological polar surface area (TPSA) is 29.3 Å². The molecule has 0 unspecified atom stereocenters. The number of hydrogen-bond acceptors (Lipinski definition) is 2. The van der Waals surface area contributed by atoms with Crippen molar-refractivity contribution >= 4 is 0 Å². The first-order valence-electron chi connectivity index (χ1n) is 5.58. The molecule has 0 fully saturated rings. The van der Waals surface area contributed by atoms with Gasteiger partial charge in [0.05, 0.1) is 0 Å². The molecule has 2 nitrogen and oxygen atoms in total. The fourth-order valence-corrected chi connectivity index (χ4v) is 0.441. The van der Waals surface area contributed by atoms with Crippen LogP contribution >= 0.6 is 0 Å². The van der Waals surface area contributed by atoms with Crippen LogP contribution in [0.2, 0.25) is 0 Å². The van der Waals surface area contributed by atoms with Crippen LogP contribution in [0.3, 0.4) is 0 Å². The molecule has 20 heavy (non-hydrogen) atoms. The molecule has 0 saturated carbocycles. The smallest absolute Gasteiger partial charge is 0.0226 e. The van der Waals surface area contributed by atoms with Gasteiger partial charge in [0.15, 0.2) is 0 Å². The van der Waals surface area contributed by atoms with Gasteiger partial charge in [0, 0.05) is 51.5 Å². The zero-order valence-electron chi connectivity index (χ0n) is 13.5. The van der Waals surface area contributed by atoms with Crippen LogP contribution in [0.25, 0.3) is 0 Å². The van der Waals surface area contributed by atoms with Gasteiger partial charge in [-0.1, -0.05) is 42.7 Å². The minimum Gasteiger partial charge on any atom is -0.376 e. The quantitative estimate of drug-likeness (QED) is 0.625. The van der Waals surface area contributed by atoms with Crippen molar-refractivity contribution in [2.75, 3.05) is 7.05 Å². The second-order valence-corrected chi connectivity index (χ2v) is 4.26. The molecule has 2 N–H and O–H groups in total. The first kappa shape index (κ1) is 49.8. The molecule has 0 bridgehead atoms. The van der Waals surface area contributed by atoms with Gasteiger partial charge in [-0.15, -0.1) is 0 Å². The summed E-state index contributed by atoms with van der Waals surface area (Å²) in [5.41, 5.74) is 6.24. The van der Waals surface area contributed by atoms with Crippen molar-refractivity contribution in [3.05, 3.63) is 26.1 Å². The third kappa shape index (κ3) is 77.9. The monoisotopic (exact) mass is 367 g/mol. The van der Waals surface area contributed by atoms with Crippen molar-refractivity contribution in [2.24, 2.45) is 5.73 Å². The van der Waals surface area contributed by atoms with Crippen LogP contribution in [0.15, 0.2) is 12.3 Å². The molecule has 1 radical (unpaired) electrons. The summed E-state index contributed by atoms with van der Waals surface area (Å²) in [4.78, 5) is 2.14. The van der Waals surface area contributed by atoms with Gasteiger partial charge in [0.2, 0.25) is 0 Å². The van der Waals surface area contributed by atoms with Crippen molar-refractivity contribution in [3.8, 4) is 0 Å². The zero-order valence-corrected chi connectivity index (χ0v) is 16.4. The van der Waals surface area contributed by atoms with E-state index in [0.717, 1.165) is 5.70 Å². The molecule has 0 aliphatic carbocycles. The van der Waals surface area contributed by atoms with E-state index in [1.165, 1.54) is 0 Å². The minimum atomic E-state index is 0. The van der Waals surface area contributed by atoms with E-state index >= 15 is 0 Å². The molecule has 0 aromatic heterocycles. The molecule has 0 atom stereocenters. The maximum Gasteiger partial charge on any atom is 0.0226 e. The Hall–Kier alpha value is 0.604. The van der Waals surface area contributed by atoms with Crippen molar-refractivity contribution in [2.45, 2.75) is 82.8 Å². The first-order valence-corrected chi connectivity index (χ1v) is 5.58. The molecule has 0 saturated heterocycles. The van der Waals surface area contributed by atoms with Crippen LogP contribution in [0.4, 0.5) is 0 Å². The van der Waals surface area contributed by atoms with E-state index in [2.05, 4.69) is 25.3 Å². The SMILES string of the molecule is C.C.C.C=C(C)N(C)C(C)C.CC(C)N.C[CH-]C.[CH3-].[Y]. The van der Waals surface area contributed by atoms with Crippen molar-refractivity contribution in [3.63, 3.8) is 0 Å². The molecule has 0 aromatic carbocycles. The Morgan fingerprint density at radius 3 is 1.20 bits per heavy atom. The second-order valence-electron chi connectivity index (χ2n) is 4.26. The predicted octanol–water partition coefficient (Wildman–Crippen LogP) is 5.80. The maximum absolute atomic E-state index is 5.11. The van der Waals surface area contributed by atoms with E-state index in [4.69, 9.17) is 5.73 Å². The predicted molar refractivity (Wildman–Crippen MR) is 99.3 cm³/mol. The number of nitrogens with zero attached hydrogens (tertiary/aromatic N) is 1. The van der Waals surface area contributed by atoms with E-state index in [1.54, 1.807) is 0 Å². The van der Waals surface area contributed by atoms with Gasteiger partial charge in [-0.05, 0) is 26.8 Å². The summed E-state index contributed by atoms with van der Waals surface area (Å²) in [7, 11) is 2.05. The summed E-state index contributed by atoms with van der Waals surface area (Å²) >= 11 is 0. The Morgan fingerprint density at radius 2 is 1.20 bits per heavy atom. The molecular formula is C17H46N2Y-2. The maximum atomic E-state index is 5.11. The van der Waals surface area contributed by atoms with E-state index in [1.807, 2.05) is 48.1 Å². The molecule has 0 heterocycles. The van der Waals surface area contributed by atoms with Crippen molar-refractivity contribution in [1.29, 1.82) is 0 Å². The van der Waals surface area contributed by atoms with Crippen LogP contribution in [0, 0.1) is 13.8 Å². The Kier molecular flexibility index (Phi) is 91.4. The van der Waals surface area contributed by atoms with Crippen molar-refractivity contribution in [1.82, 2.24) is 4.90 Å². The fourth-order valence-electron chi connectivity index (χ4n) is 0.441. The normalized spacial score (nSPS) is 6.55. The van der Waals surface area contributed by atoms with E-state index in [0.29, 0.717) is 12.1 Å². The summed E-state index contributed by atoms with van der Waals surface area (Å²) in [5.74, 6) is 0. The summed E-state index contributed by atoms with van der Waals surface area (Å²) in [5, 5.41) is 0. The fraction of sp³-hybridized carbons (Fsp3) is 0.765. The summed E-state index contributed by atoms with van der Waals surface area (Å²) in [6.45, 7) is 18.0. The van der Waals surface area contributed by atoms with Crippen LogP contribution in [0.1, 0.15) is 70.7 Å². The summed E-state index contributed by atoms with van der Waals surface area (Å²) in [6, 6.07) is 0.910. The molecule has 0 amide bonds. The standard InChI is InChI=1S/C7H15N.C3H9N.C3H7.3CH4.CH3.Y/c1-6(2)8(5)7(3)4;1-3(2)4;1-3-2;;;;;/h7H,1H2,2-5H3;3H,4H2,1-2H3;3H,1-2H3;3*1H4;1H3;/q;;-1;;;;-1;. The minimum absolute atomic E-state index is 0. The zero-order chi connectivity index (χ0) is 13.0. The van der Waals surface area contributed by atoms with Crippen LogP contribution < -0.4 is 5.73 Å². The van der Waals surface area contributed by atoms with Gasteiger partial charge in [-0.25, -0.2) is 0 Å². The van der Waals surface area contributed by atoms with Gasteiger partial charge in [-0.2, -0.15) is 13.8 Å². The number of nitrogens with two attached hydrogens (primary N) is 1. The number of allylic oxidation sites excluding steroid dienone is 1. The number of hydrogen-bond donors (Lipinski definition) is 1. The molecule has 0 rings (SSSR count). The molecule has 129 valence electrons. The van der Waals surface area contributed by atoms with Gasteiger partial charge < -0.3 is 24.5 Å². The van der Waals surface area contributed by atoms with Gasteiger partial charge in [-0.3, -0.25) is 0 Å². The van der Waals surface area contributed by atoms with Gasteiger partial charge >= 0.3 is 0 Å². The average molecular weight is 367 g/mol. The molecule has 0 aliphatic rings. The third-order valence-electron chi connectivity index (χ3n) is 1.38. The molecular weight excluding hydrogens is 321 g/mol. The first-order chi connectivity index (χ1) is 6.70. The molecule has 0 aliphatic heterocycles.